The first-order chi connectivity index (χ1) is 15.1. The van der Waals surface area contributed by atoms with Crippen LogP contribution in [-0.2, 0) is 0 Å². The highest BCUT2D eigenvalue weighted by atomic mass is 32.2. The lowest BCUT2D eigenvalue weighted by atomic mass is 10.0. The van der Waals surface area contributed by atoms with E-state index in [0.717, 1.165) is 11.1 Å². The second-order valence-corrected chi connectivity index (χ2v) is 7.60. The van der Waals surface area contributed by atoms with Crippen LogP contribution >= 0.6 is 11.8 Å². The Labute approximate surface area is 182 Å². The van der Waals surface area contributed by atoms with Gasteiger partial charge < -0.3 is 13.9 Å². The fraction of sp³-hybridized carbons (Fsp3) is 0.130. The van der Waals surface area contributed by atoms with Crippen LogP contribution in [0.1, 0.15) is 16.4 Å². The summed E-state index contributed by atoms with van der Waals surface area (Å²) in [6.45, 7) is 0. The van der Waals surface area contributed by atoms with Gasteiger partial charge in [-0.3, -0.25) is 0 Å². The number of rotatable bonds is 7. The summed E-state index contributed by atoms with van der Waals surface area (Å²) < 4.78 is 43.3. The van der Waals surface area contributed by atoms with Crippen molar-refractivity contribution in [3.05, 3.63) is 89.5 Å². The van der Waals surface area contributed by atoms with Gasteiger partial charge in [0, 0.05) is 5.56 Å². The molecule has 0 aliphatic rings. The first kappa shape index (κ1) is 20.9. The highest BCUT2D eigenvalue weighted by Crippen LogP contribution is 2.41. The lowest BCUT2D eigenvalue weighted by molar-refractivity contribution is 0.355. The van der Waals surface area contributed by atoms with Gasteiger partial charge in [-0.2, -0.15) is 0 Å². The summed E-state index contributed by atoms with van der Waals surface area (Å²) in [4.78, 5) is 0. The summed E-state index contributed by atoms with van der Waals surface area (Å²) in [6.07, 6.45) is 0. The number of ether oxygens (including phenoxy) is 2. The fourth-order valence-electron chi connectivity index (χ4n) is 3.05. The Hall–Kier alpha value is -3.39. The minimum Gasteiger partial charge on any atom is -0.493 e. The summed E-state index contributed by atoms with van der Waals surface area (Å²) in [5, 5.41) is 8.31. The van der Waals surface area contributed by atoms with E-state index in [-0.39, 0.29) is 16.9 Å². The Bertz CT molecular complexity index is 1120. The van der Waals surface area contributed by atoms with E-state index < -0.39 is 0 Å². The molecule has 0 unspecified atom stereocenters. The molecule has 0 spiro atoms. The molecule has 1 heterocycles. The Kier molecular flexibility index (Phi) is 6.18. The van der Waals surface area contributed by atoms with Crippen LogP contribution in [0.25, 0.3) is 11.5 Å². The van der Waals surface area contributed by atoms with Gasteiger partial charge in [0.2, 0.25) is 5.89 Å². The topological polar surface area (TPSA) is 57.4 Å². The van der Waals surface area contributed by atoms with E-state index in [9.17, 15) is 8.78 Å². The van der Waals surface area contributed by atoms with Crippen LogP contribution in [0.2, 0.25) is 0 Å². The van der Waals surface area contributed by atoms with E-state index in [4.69, 9.17) is 13.9 Å². The molecule has 158 valence electrons. The second-order valence-electron chi connectivity index (χ2n) is 6.54. The molecule has 0 fully saturated rings. The van der Waals surface area contributed by atoms with Crippen LogP contribution in [-0.4, -0.2) is 24.4 Å². The summed E-state index contributed by atoms with van der Waals surface area (Å²) in [5.74, 6) is 0.789. The van der Waals surface area contributed by atoms with Crippen molar-refractivity contribution in [3.63, 3.8) is 0 Å². The SMILES string of the molecule is COc1ccc(-c2nnc(SC(c3ccc(F)cc3)c3ccc(F)cc3)o2)cc1OC. The van der Waals surface area contributed by atoms with Gasteiger partial charge in [0.1, 0.15) is 11.6 Å². The minimum atomic E-state index is -0.333. The number of hydrogen-bond donors (Lipinski definition) is 0. The standard InChI is InChI=1S/C23H18F2N2O3S/c1-28-19-12-7-16(13-20(19)29-2)22-26-27-23(30-22)31-21(14-3-8-17(24)9-4-14)15-5-10-18(25)11-6-15/h3-13,21H,1-2H3. The maximum atomic E-state index is 13.4. The molecule has 4 aromatic rings. The van der Waals surface area contributed by atoms with E-state index in [1.165, 1.54) is 36.0 Å². The van der Waals surface area contributed by atoms with Gasteiger partial charge in [-0.25, -0.2) is 8.78 Å². The number of nitrogens with zero attached hydrogens (tertiary/aromatic N) is 2. The van der Waals surface area contributed by atoms with E-state index in [1.807, 2.05) is 0 Å². The molecule has 0 atom stereocenters. The minimum absolute atomic E-state index is 0.292. The van der Waals surface area contributed by atoms with Gasteiger partial charge in [-0.15, -0.1) is 10.2 Å². The zero-order valence-electron chi connectivity index (χ0n) is 16.7. The Morgan fingerprint density at radius 1 is 0.774 bits per heavy atom. The summed E-state index contributed by atoms with van der Waals surface area (Å²) in [6, 6.07) is 17.6. The van der Waals surface area contributed by atoms with Crippen LogP contribution in [0.5, 0.6) is 11.5 Å². The van der Waals surface area contributed by atoms with E-state index in [1.54, 1.807) is 56.7 Å². The van der Waals surface area contributed by atoms with Crippen molar-refractivity contribution in [2.24, 2.45) is 0 Å². The van der Waals surface area contributed by atoms with Crippen molar-refractivity contribution in [2.45, 2.75) is 10.5 Å². The lowest BCUT2D eigenvalue weighted by Crippen LogP contribution is -1.97. The fourth-order valence-corrected chi connectivity index (χ4v) is 4.05. The first-order valence-electron chi connectivity index (χ1n) is 9.31. The van der Waals surface area contributed by atoms with E-state index in [2.05, 4.69) is 10.2 Å². The van der Waals surface area contributed by atoms with Crippen molar-refractivity contribution in [1.29, 1.82) is 0 Å². The predicted octanol–water partition coefficient (Wildman–Crippen LogP) is 5.91. The Morgan fingerprint density at radius 2 is 1.35 bits per heavy atom. The number of halogens is 2. The zero-order chi connectivity index (χ0) is 21.8. The molecule has 0 amide bonds. The van der Waals surface area contributed by atoms with Crippen molar-refractivity contribution in [1.82, 2.24) is 10.2 Å². The summed E-state index contributed by atoms with van der Waals surface area (Å²) >= 11 is 1.30. The maximum Gasteiger partial charge on any atom is 0.277 e. The van der Waals surface area contributed by atoms with E-state index in [0.29, 0.717) is 28.2 Å². The van der Waals surface area contributed by atoms with Crippen molar-refractivity contribution in [2.75, 3.05) is 14.2 Å². The molecule has 3 aromatic carbocycles. The maximum absolute atomic E-state index is 13.4. The van der Waals surface area contributed by atoms with Crippen LogP contribution in [0, 0.1) is 11.6 Å². The second kappa shape index (κ2) is 9.18. The first-order valence-corrected chi connectivity index (χ1v) is 10.2. The van der Waals surface area contributed by atoms with Crippen molar-refractivity contribution >= 4 is 11.8 Å². The molecular weight excluding hydrogens is 422 g/mol. The zero-order valence-corrected chi connectivity index (χ0v) is 17.5. The molecule has 5 nitrogen and oxygen atoms in total. The van der Waals surface area contributed by atoms with Gasteiger partial charge in [0.05, 0.1) is 19.5 Å². The number of aromatic nitrogens is 2. The quantitative estimate of drug-likeness (QED) is 0.333. The molecular formula is C23H18F2N2O3S. The normalized spacial score (nSPS) is 11.0. The monoisotopic (exact) mass is 440 g/mol. The highest BCUT2D eigenvalue weighted by Gasteiger charge is 2.21. The van der Waals surface area contributed by atoms with Crippen LogP contribution in [0.4, 0.5) is 8.78 Å². The molecule has 0 aliphatic heterocycles. The number of methoxy groups -OCH3 is 2. The van der Waals surface area contributed by atoms with Crippen LogP contribution in [0.15, 0.2) is 76.4 Å². The largest absolute Gasteiger partial charge is 0.493 e. The predicted molar refractivity (Wildman–Crippen MR) is 113 cm³/mol. The molecule has 31 heavy (non-hydrogen) atoms. The van der Waals surface area contributed by atoms with Crippen LogP contribution < -0.4 is 9.47 Å². The molecule has 0 bridgehead atoms. The molecule has 4 rings (SSSR count). The molecule has 1 aromatic heterocycles. The third kappa shape index (κ3) is 4.69. The van der Waals surface area contributed by atoms with Crippen LogP contribution in [0.3, 0.4) is 0 Å². The average molecular weight is 440 g/mol. The molecule has 0 saturated carbocycles. The molecule has 0 aliphatic carbocycles. The van der Waals surface area contributed by atoms with E-state index >= 15 is 0 Å². The Morgan fingerprint density at radius 3 is 1.90 bits per heavy atom. The summed E-state index contributed by atoms with van der Waals surface area (Å²) in [7, 11) is 3.11. The number of thioether (sulfide) groups is 1. The third-order valence-corrected chi connectivity index (χ3v) is 5.75. The Balaban J connectivity index is 1.64. The average Bonchev–Trinajstić information content (AvgIpc) is 3.27. The van der Waals surface area contributed by atoms with Crippen molar-refractivity contribution in [3.8, 4) is 23.0 Å². The van der Waals surface area contributed by atoms with Gasteiger partial charge in [0.15, 0.2) is 11.5 Å². The molecule has 0 saturated heterocycles. The molecule has 0 N–H and O–H groups in total. The third-order valence-electron chi connectivity index (χ3n) is 4.60. The number of benzene rings is 3. The highest BCUT2D eigenvalue weighted by molar-refractivity contribution is 7.99. The lowest BCUT2D eigenvalue weighted by Gasteiger charge is -2.15. The molecule has 0 radical (unpaired) electrons. The van der Waals surface area contributed by atoms with Gasteiger partial charge >= 0.3 is 0 Å². The summed E-state index contributed by atoms with van der Waals surface area (Å²) in [5.41, 5.74) is 2.32. The van der Waals surface area contributed by atoms with Gasteiger partial charge in [-0.05, 0) is 53.6 Å². The molecule has 8 heteroatoms. The van der Waals surface area contributed by atoms with Crippen molar-refractivity contribution < 1.29 is 22.7 Å². The van der Waals surface area contributed by atoms with Gasteiger partial charge in [0.25, 0.3) is 5.22 Å². The number of hydrogen-bond acceptors (Lipinski definition) is 6. The van der Waals surface area contributed by atoms with Gasteiger partial charge in [-0.1, -0.05) is 36.0 Å². The smallest absolute Gasteiger partial charge is 0.277 e.